The molecule has 2 aromatic heterocycles. The lowest BCUT2D eigenvalue weighted by atomic mass is 9.99. The molecule has 1 fully saturated rings. The van der Waals surface area contributed by atoms with E-state index < -0.39 is 0 Å². The lowest BCUT2D eigenvalue weighted by Crippen LogP contribution is -2.20. The molecule has 0 saturated carbocycles. The molecule has 3 rings (SSSR count). The molecule has 0 aliphatic carbocycles. The number of aromatic nitrogens is 3. The Balaban J connectivity index is 1.57. The quantitative estimate of drug-likeness (QED) is 0.868. The summed E-state index contributed by atoms with van der Waals surface area (Å²) in [5.41, 5.74) is 0.883. The summed E-state index contributed by atoms with van der Waals surface area (Å²) in [5.74, 6) is 1.60. The summed E-state index contributed by atoms with van der Waals surface area (Å²) < 4.78 is 5.48. The smallest absolute Gasteiger partial charge is 0.142 e. The molecule has 1 aliphatic heterocycles. The number of nitrogens with one attached hydrogen (secondary N) is 2. The van der Waals surface area contributed by atoms with Crippen LogP contribution in [0.25, 0.3) is 11.0 Å². The third-order valence-electron chi connectivity index (χ3n) is 3.45. The summed E-state index contributed by atoms with van der Waals surface area (Å²) in [6.07, 6.45) is 7.09. The lowest BCUT2D eigenvalue weighted by molar-refractivity contribution is 0.0530. The fourth-order valence-corrected chi connectivity index (χ4v) is 2.44. The van der Waals surface area contributed by atoms with E-state index in [1.807, 2.05) is 12.3 Å². The van der Waals surface area contributed by atoms with Crippen molar-refractivity contribution >= 4 is 16.9 Å². The van der Waals surface area contributed by atoms with Gasteiger partial charge in [-0.3, -0.25) is 0 Å². The number of nitrogens with zero attached hydrogens (tertiary/aromatic N) is 2. The third kappa shape index (κ3) is 2.46. The van der Waals surface area contributed by atoms with Crippen molar-refractivity contribution in [2.45, 2.75) is 19.3 Å². The SMILES string of the molecule is c1nc(NCC[C@@H]2CCCOC2)c2cc[nH]c2n1. The Morgan fingerprint density at radius 2 is 2.44 bits per heavy atom. The molecule has 3 heterocycles. The maximum atomic E-state index is 5.48. The van der Waals surface area contributed by atoms with Gasteiger partial charge in [-0.1, -0.05) is 0 Å². The van der Waals surface area contributed by atoms with E-state index in [0.717, 1.165) is 43.0 Å². The molecule has 5 nitrogen and oxygen atoms in total. The van der Waals surface area contributed by atoms with Crippen LogP contribution in [0.1, 0.15) is 19.3 Å². The topological polar surface area (TPSA) is 62.8 Å². The molecule has 96 valence electrons. The summed E-state index contributed by atoms with van der Waals surface area (Å²) >= 11 is 0. The van der Waals surface area contributed by atoms with E-state index in [9.17, 15) is 0 Å². The van der Waals surface area contributed by atoms with Crippen LogP contribution in [0, 0.1) is 5.92 Å². The Kier molecular flexibility index (Phi) is 3.41. The minimum absolute atomic E-state index is 0.690. The zero-order valence-electron chi connectivity index (χ0n) is 10.4. The molecule has 1 atom stereocenters. The summed E-state index contributed by atoms with van der Waals surface area (Å²) in [6, 6.07) is 2.00. The van der Waals surface area contributed by atoms with Gasteiger partial charge in [0.25, 0.3) is 0 Å². The molecule has 2 N–H and O–H groups in total. The summed E-state index contributed by atoms with van der Waals surface area (Å²) in [6.45, 7) is 2.77. The highest BCUT2D eigenvalue weighted by Gasteiger charge is 2.13. The number of ether oxygens (including phenoxy) is 1. The highest BCUT2D eigenvalue weighted by atomic mass is 16.5. The summed E-state index contributed by atoms with van der Waals surface area (Å²) in [7, 11) is 0. The molecule has 0 unspecified atom stereocenters. The van der Waals surface area contributed by atoms with Crippen LogP contribution in [-0.4, -0.2) is 34.7 Å². The number of aromatic amines is 1. The zero-order valence-corrected chi connectivity index (χ0v) is 10.4. The number of hydrogen-bond donors (Lipinski definition) is 2. The number of rotatable bonds is 4. The van der Waals surface area contributed by atoms with E-state index in [-0.39, 0.29) is 0 Å². The van der Waals surface area contributed by atoms with Crippen LogP contribution in [-0.2, 0) is 4.74 Å². The Hall–Kier alpha value is -1.62. The minimum Gasteiger partial charge on any atom is -0.381 e. The Labute approximate surface area is 106 Å². The molecule has 1 aliphatic rings. The van der Waals surface area contributed by atoms with Crippen molar-refractivity contribution in [2.75, 3.05) is 25.1 Å². The van der Waals surface area contributed by atoms with Gasteiger partial charge in [-0.25, -0.2) is 9.97 Å². The van der Waals surface area contributed by atoms with Gasteiger partial charge in [-0.05, 0) is 31.2 Å². The van der Waals surface area contributed by atoms with Gasteiger partial charge in [-0.15, -0.1) is 0 Å². The number of hydrogen-bond acceptors (Lipinski definition) is 4. The van der Waals surface area contributed by atoms with E-state index in [4.69, 9.17) is 4.74 Å². The van der Waals surface area contributed by atoms with Gasteiger partial charge in [0.15, 0.2) is 0 Å². The van der Waals surface area contributed by atoms with Gasteiger partial charge in [0.1, 0.15) is 17.8 Å². The van der Waals surface area contributed by atoms with Crippen LogP contribution in [0.4, 0.5) is 5.82 Å². The Bertz CT molecular complexity index is 504. The van der Waals surface area contributed by atoms with Crippen molar-refractivity contribution in [3.63, 3.8) is 0 Å². The van der Waals surface area contributed by atoms with Crippen molar-refractivity contribution in [3.8, 4) is 0 Å². The molecule has 0 radical (unpaired) electrons. The van der Waals surface area contributed by atoms with E-state index in [0.29, 0.717) is 5.92 Å². The molecule has 5 heteroatoms. The second kappa shape index (κ2) is 5.35. The highest BCUT2D eigenvalue weighted by Crippen LogP contribution is 2.20. The van der Waals surface area contributed by atoms with Crippen LogP contribution in [0.3, 0.4) is 0 Å². The molecule has 0 aromatic carbocycles. The number of H-pyrrole nitrogens is 1. The van der Waals surface area contributed by atoms with Crippen molar-refractivity contribution in [1.82, 2.24) is 15.0 Å². The average Bonchev–Trinajstić information content (AvgIpc) is 2.89. The van der Waals surface area contributed by atoms with Gasteiger partial charge in [0, 0.05) is 26.0 Å². The molecular weight excluding hydrogens is 228 g/mol. The maximum Gasteiger partial charge on any atom is 0.142 e. The Morgan fingerprint density at radius 3 is 3.33 bits per heavy atom. The van der Waals surface area contributed by atoms with Crippen LogP contribution >= 0.6 is 0 Å². The Morgan fingerprint density at radius 1 is 1.44 bits per heavy atom. The number of anilines is 1. The largest absolute Gasteiger partial charge is 0.381 e. The number of fused-ring (bicyclic) bond motifs is 1. The van der Waals surface area contributed by atoms with E-state index >= 15 is 0 Å². The van der Waals surface area contributed by atoms with Gasteiger partial charge >= 0.3 is 0 Å². The van der Waals surface area contributed by atoms with Crippen molar-refractivity contribution < 1.29 is 4.74 Å². The maximum absolute atomic E-state index is 5.48. The van der Waals surface area contributed by atoms with Crippen LogP contribution in [0.2, 0.25) is 0 Å². The molecule has 0 spiro atoms. The van der Waals surface area contributed by atoms with Crippen LogP contribution in [0.15, 0.2) is 18.6 Å². The molecule has 2 aromatic rings. The second-order valence-corrected chi connectivity index (χ2v) is 4.76. The molecule has 18 heavy (non-hydrogen) atoms. The summed E-state index contributed by atoms with van der Waals surface area (Å²) in [5, 5.41) is 4.45. The first-order valence-electron chi connectivity index (χ1n) is 6.53. The minimum atomic E-state index is 0.690. The van der Waals surface area contributed by atoms with Gasteiger partial charge in [0.2, 0.25) is 0 Å². The fraction of sp³-hybridized carbons (Fsp3) is 0.538. The van der Waals surface area contributed by atoms with Gasteiger partial charge in [-0.2, -0.15) is 0 Å². The summed E-state index contributed by atoms with van der Waals surface area (Å²) in [4.78, 5) is 11.6. The van der Waals surface area contributed by atoms with Gasteiger partial charge < -0.3 is 15.0 Å². The monoisotopic (exact) mass is 246 g/mol. The standard InChI is InChI=1S/C13H18N4O/c1-2-10(8-18-7-1)3-5-14-12-11-4-6-15-13(11)17-9-16-12/h4,6,9-10H,1-3,5,7-8H2,(H2,14,15,16,17)/t10-/m0/s1. The predicted octanol–water partition coefficient (Wildman–Crippen LogP) is 2.19. The first kappa shape index (κ1) is 11.5. The van der Waals surface area contributed by atoms with E-state index in [2.05, 4.69) is 20.3 Å². The lowest BCUT2D eigenvalue weighted by Gasteiger charge is -2.22. The van der Waals surface area contributed by atoms with Crippen LogP contribution < -0.4 is 5.32 Å². The van der Waals surface area contributed by atoms with E-state index in [1.54, 1.807) is 6.33 Å². The fourth-order valence-electron chi connectivity index (χ4n) is 2.44. The van der Waals surface area contributed by atoms with Gasteiger partial charge in [0.05, 0.1) is 5.39 Å². The highest BCUT2D eigenvalue weighted by molar-refractivity contribution is 5.86. The van der Waals surface area contributed by atoms with E-state index in [1.165, 1.54) is 12.8 Å². The molecular formula is C13H18N4O. The molecule has 1 saturated heterocycles. The zero-order chi connectivity index (χ0) is 12.2. The predicted molar refractivity (Wildman–Crippen MR) is 70.5 cm³/mol. The van der Waals surface area contributed by atoms with Crippen molar-refractivity contribution in [2.24, 2.45) is 5.92 Å². The molecule has 0 amide bonds. The van der Waals surface area contributed by atoms with Crippen LogP contribution in [0.5, 0.6) is 0 Å². The van der Waals surface area contributed by atoms with Crippen molar-refractivity contribution in [1.29, 1.82) is 0 Å². The second-order valence-electron chi connectivity index (χ2n) is 4.76. The molecule has 0 bridgehead atoms. The third-order valence-corrected chi connectivity index (χ3v) is 3.45. The average molecular weight is 246 g/mol. The first-order valence-corrected chi connectivity index (χ1v) is 6.53. The normalized spacial score (nSPS) is 20.1. The first-order chi connectivity index (χ1) is 8.93. The van der Waals surface area contributed by atoms with Crippen molar-refractivity contribution in [3.05, 3.63) is 18.6 Å².